The van der Waals surface area contributed by atoms with Crippen LogP contribution in [0.15, 0.2) is 59.6 Å². The number of aliphatic hydroxyl groups excluding tert-OH is 1. The topological polar surface area (TPSA) is 91.2 Å². The van der Waals surface area contributed by atoms with Crippen LogP contribution in [0.1, 0.15) is 47.2 Å². The van der Waals surface area contributed by atoms with Crippen LogP contribution < -0.4 is 5.32 Å². The van der Waals surface area contributed by atoms with Crippen molar-refractivity contribution in [3.8, 4) is 0 Å². The van der Waals surface area contributed by atoms with E-state index in [0.717, 1.165) is 28.3 Å². The molecule has 9 heteroatoms. The Kier molecular flexibility index (Phi) is 7.62. The molecule has 0 bridgehead atoms. The lowest BCUT2D eigenvalue weighted by atomic mass is 9.90. The fourth-order valence-electron chi connectivity index (χ4n) is 4.42. The maximum Gasteiger partial charge on any atom is 0.416 e. The third kappa shape index (κ3) is 5.74. The van der Waals surface area contributed by atoms with Gasteiger partial charge in [-0.3, -0.25) is 10.1 Å². The van der Waals surface area contributed by atoms with Gasteiger partial charge in [-0.05, 0) is 71.5 Å². The molecule has 3 N–H and O–H groups in total. The highest BCUT2D eigenvalue weighted by atomic mass is 19.4. The van der Waals surface area contributed by atoms with Gasteiger partial charge in [0.25, 0.3) is 0 Å². The molecule has 0 spiro atoms. The molecule has 6 nitrogen and oxygen atoms in total. The first kappa shape index (κ1) is 27.3. The molecule has 4 rings (SSSR count). The first-order valence-electron chi connectivity index (χ1n) is 12.1. The molecule has 0 aromatic heterocycles. The maximum absolute atomic E-state index is 13.8. The number of nitrogens with zero attached hydrogens (tertiary/aromatic N) is 1. The van der Waals surface area contributed by atoms with Crippen molar-refractivity contribution in [1.82, 2.24) is 5.32 Å². The van der Waals surface area contributed by atoms with Gasteiger partial charge < -0.3 is 14.9 Å². The number of carbonyl (C=O) groups is 1. The number of aliphatic imine (C=N–C) groups is 1. The Balaban J connectivity index is 1.63. The molecule has 1 heterocycles. The van der Waals surface area contributed by atoms with Gasteiger partial charge in [0.05, 0.1) is 12.2 Å². The number of nitrogens with one attached hydrogen (secondary N) is 1. The molecule has 2 aliphatic rings. The number of fused-ring (bicyclic) bond motifs is 1. The smallest absolute Gasteiger partial charge is 0.416 e. The largest absolute Gasteiger partial charge is 0.480 e. The Morgan fingerprint density at radius 2 is 1.89 bits per heavy atom. The van der Waals surface area contributed by atoms with Gasteiger partial charge in [-0.2, -0.15) is 13.2 Å². The number of hydrogen-bond acceptors (Lipinski definition) is 5. The summed E-state index contributed by atoms with van der Waals surface area (Å²) in [5.41, 5.74) is 1.57. The van der Waals surface area contributed by atoms with Gasteiger partial charge in [0.15, 0.2) is 5.90 Å². The van der Waals surface area contributed by atoms with Crippen LogP contribution >= 0.6 is 0 Å². The fourth-order valence-corrected chi connectivity index (χ4v) is 4.42. The first-order valence-corrected chi connectivity index (χ1v) is 12.1. The lowest BCUT2D eigenvalue weighted by molar-refractivity contribution is -0.146. The summed E-state index contributed by atoms with van der Waals surface area (Å²) in [6.45, 7) is 4.33. The summed E-state index contributed by atoms with van der Waals surface area (Å²) in [6, 6.07) is 9.21. The molecule has 0 saturated carbocycles. The van der Waals surface area contributed by atoms with Crippen molar-refractivity contribution in [2.24, 2.45) is 4.99 Å². The van der Waals surface area contributed by atoms with Crippen LogP contribution in [-0.4, -0.2) is 46.4 Å². The summed E-state index contributed by atoms with van der Waals surface area (Å²) in [6.07, 6.45) is 4.35. The van der Waals surface area contributed by atoms with Crippen molar-refractivity contribution >= 4 is 29.6 Å². The number of hydrogen-bond donors (Lipinski definition) is 3. The van der Waals surface area contributed by atoms with Gasteiger partial charge in [0, 0.05) is 13.5 Å². The summed E-state index contributed by atoms with van der Waals surface area (Å²) in [5.74, 6) is -0.624. The molecular weight excluding hydrogens is 497 g/mol. The molecule has 0 radical (unpaired) electrons. The van der Waals surface area contributed by atoms with Crippen molar-refractivity contribution in [2.75, 3.05) is 6.61 Å². The second kappa shape index (κ2) is 10.6. The quantitative estimate of drug-likeness (QED) is 0.409. The number of carboxylic acid groups (broad SMARTS) is 1. The summed E-state index contributed by atoms with van der Waals surface area (Å²) >= 11 is 0. The van der Waals surface area contributed by atoms with Gasteiger partial charge in [-0.15, -0.1) is 0 Å². The Hall–Kier alpha value is -3.69. The van der Waals surface area contributed by atoms with E-state index < -0.39 is 29.9 Å². The van der Waals surface area contributed by atoms with E-state index in [9.17, 15) is 28.2 Å². The number of aliphatic hydroxyl groups is 1. The predicted octanol–water partition coefficient (Wildman–Crippen LogP) is 5.25. The van der Waals surface area contributed by atoms with Crippen LogP contribution in [-0.2, 0) is 22.3 Å². The summed E-state index contributed by atoms with van der Waals surface area (Å²) in [7, 11) is 0. The number of alkyl halides is 3. The van der Waals surface area contributed by atoms with Crippen molar-refractivity contribution in [2.45, 2.75) is 51.2 Å². The second-order valence-electron chi connectivity index (χ2n) is 9.62. The highest BCUT2D eigenvalue weighted by molar-refractivity contribution is 5.84. The molecule has 200 valence electrons. The molecule has 0 saturated heterocycles. The lowest BCUT2D eigenvalue weighted by Crippen LogP contribution is -2.52. The van der Waals surface area contributed by atoms with E-state index in [1.807, 2.05) is 50.3 Å². The molecule has 38 heavy (non-hydrogen) atoms. The number of rotatable bonds is 8. The monoisotopic (exact) mass is 526 g/mol. The van der Waals surface area contributed by atoms with Gasteiger partial charge in [0.1, 0.15) is 17.7 Å². The minimum absolute atomic E-state index is 0.0365. The summed E-state index contributed by atoms with van der Waals surface area (Å²) in [5, 5.41) is 21.5. The number of carboxylic acids is 1. The number of halogens is 3. The average molecular weight is 527 g/mol. The van der Waals surface area contributed by atoms with E-state index in [-0.39, 0.29) is 24.3 Å². The molecule has 2 unspecified atom stereocenters. The van der Waals surface area contributed by atoms with Gasteiger partial charge >= 0.3 is 12.1 Å². The Bertz CT molecular complexity index is 1360. The second-order valence-corrected chi connectivity index (χ2v) is 9.62. The number of benzene rings is 2. The number of aliphatic carboxylic acids is 1. The van der Waals surface area contributed by atoms with Crippen LogP contribution in [0.25, 0.3) is 17.7 Å². The van der Waals surface area contributed by atoms with Crippen molar-refractivity contribution in [3.63, 3.8) is 0 Å². The zero-order valence-corrected chi connectivity index (χ0v) is 21.2. The molecule has 1 aliphatic carbocycles. The van der Waals surface area contributed by atoms with Crippen molar-refractivity contribution in [1.29, 1.82) is 0 Å². The van der Waals surface area contributed by atoms with Crippen LogP contribution in [0, 0.1) is 6.92 Å². The van der Waals surface area contributed by atoms with E-state index in [2.05, 4.69) is 10.3 Å². The SMILES string of the molecule is CC1=NC2C=C(c3cccc(/C=C/c4cc(CN[C@@](C)(CO)C(=O)O)ccc4C(F)(F)F)c3C)C=CC2O1. The summed E-state index contributed by atoms with van der Waals surface area (Å²) in [4.78, 5) is 15.9. The first-order chi connectivity index (χ1) is 17.9. The molecular formula is C29H29F3N2O4. The van der Waals surface area contributed by atoms with Gasteiger partial charge in [-0.1, -0.05) is 42.5 Å². The van der Waals surface area contributed by atoms with Crippen LogP contribution in [0.2, 0.25) is 0 Å². The van der Waals surface area contributed by atoms with Crippen molar-refractivity contribution in [3.05, 3.63) is 88.0 Å². The lowest BCUT2D eigenvalue weighted by Gasteiger charge is -2.24. The molecule has 2 aromatic rings. The molecule has 1 aliphatic heterocycles. The predicted molar refractivity (Wildman–Crippen MR) is 140 cm³/mol. The van der Waals surface area contributed by atoms with Gasteiger partial charge in [-0.25, -0.2) is 4.99 Å². The minimum Gasteiger partial charge on any atom is -0.480 e. The third-order valence-electron chi connectivity index (χ3n) is 6.81. The molecule has 0 fully saturated rings. The van der Waals surface area contributed by atoms with E-state index in [1.165, 1.54) is 25.1 Å². The van der Waals surface area contributed by atoms with E-state index in [0.29, 0.717) is 11.5 Å². The van der Waals surface area contributed by atoms with E-state index in [4.69, 9.17) is 4.74 Å². The van der Waals surface area contributed by atoms with E-state index in [1.54, 1.807) is 6.08 Å². The number of ether oxygens (including phenoxy) is 1. The fraction of sp³-hybridized carbons (Fsp3) is 0.310. The van der Waals surface area contributed by atoms with Crippen LogP contribution in [0.4, 0.5) is 13.2 Å². The van der Waals surface area contributed by atoms with Crippen molar-refractivity contribution < 1.29 is 32.9 Å². The standard InChI is InChI=1S/C29H29F3N2O4/c1-17-20(5-4-6-23(17)21-10-12-26-25(14-21)34-18(2)38-26)8-9-22-13-19(7-11-24(22)29(30,31)32)15-33-28(3,16-35)27(36)37/h4-14,25-26,33,35H,15-16H2,1-3H3,(H,36,37)/b9-8+/t25?,26?,28-/m0/s1. The Morgan fingerprint density at radius 3 is 2.58 bits per heavy atom. The molecule has 3 atom stereocenters. The summed E-state index contributed by atoms with van der Waals surface area (Å²) < 4.78 is 47.0. The highest BCUT2D eigenvalue weighted by Gasteiger charge is 2.34. The van der Waals surface area contributed by atoms with Gasteiger partial charge in [0.2, 0.25) is 0 Å². The normalized spacial score (nSPS) is 20.5. The van der Waals surface area contributed by atoms with Crippen LogP contribution in [0.3, 0.4) is 0 Å². The Morgan fingerprint density at radius 1 is 1.16 bits per heavy atom. The van der Waals surface area contributed by atoms with Crippen LogP contribution in [0.5, 0.6) is 0 Å². The average Bonchev–Trinajstić information content (AvgIpc) is 3.25. The zero-order chi connectivity index (χ0) is 27.7. The zero-order valence-electron chi connectivity index (χ0n) is 21.2. The number of allylic oxidation sites excluding steroid dienone is 2. The molecule has 0 amide bonds. The van der Waals surface area contributed by atoms with E-state index >= 15 is 0 Å². The Labute approximate surface area is 218 Å². The minimum atomic E-state index is -4.57. The third-order valence-corrected chi connectivity index (χ3v) is 6.81. The maximum atomic E-state index is 13.8. The molecule has 2 aromatic carbocycles. The highest BCUT2D eigenvalue weighted by Crippen LogP contribution is 2.35.